The van der Waals surface area contributed by atoms with Gasteiger partial charge in [-0.05, 0) is 75.4 Å². The lowest BCUT2D eigenvalue weighted by Gasteiger charge is -2.38. The number of likely N-dealkylation sites (tertiary alicyclic amines) is 1. The van der Waals surface area contributed by atoms with E-state index >= 15 is 0 Å². The fourth-order valence-corrected chi connectivity index (χ4v) is 4.68. The molecule has 2 fully saturated rings. The molecule has 1 atom stereocenters. The molecule has 23 heavy (non-hydrogen) atoms. The van der Waals surface area contributed by atoms with Crippen molar-refractivity contribution < 1.29 is 0 Å². The summed E-state index contributed by atoms with van der Waals surface area (Å²) in [6, 6.07) is 9.35. The van der Waals surface area contributed by atoms with Crippen LogP contribution in [0.1, 0.15) is 56.4 Å². The van der Waals surface area contributed by atoms with Crippen molar-refractivity contribution >= 4 is 11.6 Å². The monoisotopic (exact) mass is 334 g/mol. The van der Waals surface area contributed by atoms with Gasteiger partial charge in [0.25, 0.3) is 0 Å². The van der Waals surface area contributed by atoms with E-state index in [2.05, 4.69) is 35.5 Å². The maximum atomic E-state index is 6.29. The molecule has 1 aromatic carbocycles. The average molecular weight is 335 g/mol. The summed E-state index contributed by atoms with van der Waals surface area (Å²) >= 11 is 6.29. The van der Waals surface area contributed by atoms with E-state index < -0.39 is 0 Å². The maximum Gasteiger partial charge on any atom is 0.0408 e. The molecule has 2 nitrogen and oxygen atoms in total. The Labute approximate surface area is 146 Å². The SMILES string of the molecule is CNC1CCN(C[C@@H](c2cccc(Cl)c2)C2CCCCC2)CC1. The summed E-state index contributed by atoms with van der Waals surface area (Å²) in [5.74, 6) is 1.49. The molecule has 1 aliphatic heterocycles. The van der Waals surface area contributed by atoms with E-state index in [1.165, 1.54) is 70.1 Å². The van der Waals surface area contributed by atoms with Crippen LogP contribution in [0.15, 0.2) is 24.3 Å². The third-order valence-electron chi connectivity index (χ3n) is 5.95. The van der Waals surface area contributed by atoms with Gasteiger partial charge in [0, 0.05) is 17.6 Å². The zero-order valence-corrected chi connectivity index (χ0v) is 15.2. The fraction of sp³-hybridized carbons (Fsp3) is 0.700. The molecule has 2 aliphatic rings. The van der Waals surface area contributed by atoms with Crippen LogP contribution in [0.25, 0.3) is 0 Å². The highest BCUT2D eigenvalue weighted by Crippen LogP contribution is 2.37. The molecule has 0 unspecified atom stereocenters. The van der Waals surface area contributed by atoms with Gasteiger partial charge in [-0.1, -0.05) is 43.0 Å². The summed E-state index contributed by atoms with van der Waals surface area (Å²) < 4.78 is 0. The van der Waals surface area contributed by atoms with E-state index in [9.17, 15) is 0 Å². The molecule has 3 rings (SSSR count). The molecule has 1 aromatic rings. The first-order valence-electron chi connectivity index (χ1n) is 9.41. The topological polar surface area (TPSA) is 15.3 Å². The van der Waals surface area contributed by atoms with Gasteiger partial charge in [-0.2, -0.15) is 0 Å². The number of benzene rings is 1. The van der Waals surface area contributed by atoms with Gasteiger partial charge in [0.1, 0.15) is 0 Å². The van der Waals surface area contributed by atoms with Crippen LogP contribution in [0.3, 0.4) is 0 Å². The highest BCUT2D eigenvalue weighted by molar-refractivity contribution is 6.30. The molecule has 1 saturated carbocycles. The molecular formula is C20H31ClN2. The van der Waals surface area contributed by atoms with Crippen molar-refractivity contribution in [1.29, 1.82) is 0 Å². The highest BCUT2D eigenvalue weighted by atomic mass is 35.5. The van der Waals surface area contributed by atoms with Gasteiger partial charge in [0.15, 0.2) is 0 Å². The maximum absolute atomic E-state index is 6.29. The zero-order chi connectivity index (χ0) is 16.1. The molecule has 128 valence electrons. The third kappa shape index (κ3) is 4.71. The van der Waals surface area contributed by atoms with Crippen LogP contribution in [-0.2, 0) is 0 Å². The summed E-state index contributed by atoms with van der Waals surface area (Å²) in [7, 11) is 2.09. The van der Waals surface area contributed by atoms with Crippen LogP contribution in [0, 0.1) is 5.92 Å². The molecule has 1 heterocycles. The van der Waals surface area contributed by atoms with E-state index in [-0.39, 0.29) is 0 Å². The second-order valence-corrected chi connectivity index (χ2v) is 7.86. The van der Waals surface area contributed by atoms with E-state index in [1.807, 2.05) is 6.07 Å². The van der Waals surface area contributed by atoms with Crippen molar-refractivity contribution in [2.75, 3.05) is 26.7 Å². The van der Waals surface area contributed by atoms with Crippen molar-refractivity contribution in [3.8, 4) is 0 Å². The minimum absolute atomic E-state index is 0.653. The van der Waals surface area contributed by atoms with Crippen LogP contribution in [0.5, 0.6) is 0 Å². The lowest BCUT2D eigenvalue weighted by Crippen LogP contribution is -2.43. The molecule has 3 heteroatoms. The molecule has 0 spiro atoms. The zero-order valence-electron chi connectivity index (χ0n) is 14.4. The molecule has 0 amide bonds. The first-order valence-corrected chi connectivity index (χ1v) is 9.79. The van der Waals surface area contributed by atoms with Gasteiger partial charge in [-0.25, -0.2) is 0 Å². The number of nitrogens with zero attached hydrogens (tertiary/aromatic N) is 1. The third-order valence-corrected chi connectivity index (χ3v) is 6.18. The Morgan fingerprint density at radius 1 is 1.13 bits per heavy atom. The lowest BCUT2D eigenvalue weighted by atomic mass is 9.76. The summed E-state index contributed by atoms with van der Waals surface area (Å²) in [4.78, 5) is 2.69. The first-order chi connectivity index (χ1) is 11.3. The van der Waals surface area contributed by atoms with Crippen LogP contribution >= 0.6 is 11.6 Å². The normalized spacial score (nSPS) is 23.0. The van der Waals surface area contributed by atoms with Crippen molar-refractivity contribution in [2.24, 2.45) is 5.92 Å². The Hall–Kier alpha value is -0.570. The molecule has 0 aromatic heterocycles. The van der Waals surface area contributed by atoms with Crippen LogP contribution < -0.4 is 5.32 Å². The standard InChI is InChI=1S/C20H31ClN2/c1-22-19-10-12-23(13-11-19)15-20(16-6-3-2-4-7-16)17-8-5-9-18(21)14-17/h5,8-9,14,16,19-20,22H,2-4,6-7,10-13,15H2,1H3/t20-/m1/s1. The minimum atomic E-state index is 0.653. The van der Waals surface area contributed by atoms with Crippen LogP contribution in [0.2, 0.25) is 5.02 Å². The fourth-order valence-electron chi connectivity index (χ4n) is 4.48. The molecule has 0 bridgehead atoms. The number of nitrogens with one attached hydrogen (secondary N) is 1. The largest absolute Gasteiger partial charge is 0.317 e. The number of piperidine rings is 1. The Kier molecular flexibility index (Phi) is 6.38. The summed E-state index contributed by atoms with van der Waals surface area (Å²) in [6.07, 6.45) is 9.58. The Morgan fingerprint density at radius 2 is 1.87 bits per heavy atom. The van der Waals surface area contributed by atoms with E-state index in [4.69, 9.17) is 11.6 Å². The Bertz CT molecular complexity index is 476. The summed E-state index contributed by atoms with van der Waals surface area (Å²) in [5, 5.41) is 4.32. The quantitative estimate of drug-likeness (QED) is 0.840. The van der Waals surface area contributed by atoms with Crippen molar-refractivity contribution in [3.05, 3.63) is 34.9 Å². The first kappa shape index (κ1) is 17.3. The Morgan fingerprint density at radius 3 is 2.52 bits per heavy atom. The molecular weight excluding hydrogens is 304 g/mol. The number of halogens is 1. The minimum Gasteiger partial charge on any atom is -0.317 e. The molecule has 0 radical (unpaired) electrons. The van der Waals surface area contributed by atoms with Crippen LogP contribution in [0.4, 0.5) is 0 Å². The van der Waals surface area contributed by atoms with Gasteiger partial charge in [0.05, 0.1) is 0 Å². The van der Waals surface area contributed by atoms with Gasteiger partial charge in [-0.15, -0.1) is 0 Å². The second kappa shape index (κ2) is 8.50. The molecule has 1 aliphatic carbocycles. The van der Waals surface area contributed by atoms with Crippen molar-refractivity contribution in [2.45, 2.75) is 56.9 Å². The molecule has 1 N–H and O–H groups in total. The van der Waals surface area contributed by atoms with Gasteiger partial charge in [-0.3, -0.25) is 0 Å². The predicted molar refractivity (Wildman–Crippen MR) is 99.3 cm³/mol. The van der Waals surface area contributed by atoms with E-state index in [1.54, 1.807) is 0 Å². The highest BCUT2D eigenvalue weighted by Gasteiger charge is 2.28. The van der Waals surface area contributed by atoms with Gasteiger partial charge < -0.3 is 10.2 Å². The van der Waals surface area contributed by atoms with Gasteiger partial charge in [0.2, 0.25) is 0 Å². The number of hydrogen-bond donors (Lipinski definition) is 1. The molecule has 1 saturated heterocycles. The number of rotatable bonds is 5. The Balaban J connectivity index is 1.70. The average Bonchev–Trinajstić information content (AvgIpc) is 2.61. The van der Waals surface area contributed by atoms with Crippen molar-refractivity contribution in [1.82, 2.24) is 10.2 Å². The second-order valence-electron chi connectivity index (χ2n) is 7.42. The summed E-state index contributed by atoms with van der Waals surface area (Å²) in [6.45, 7) is 3.67. The lowest BCUT2D eigenvalue weighted by molar-refractivity contribution is 0.164. The smallest absolute Gasteiger partial charge is 0.0408 e. The van der Waals surface area contributed by atoms with E-state index in [0.717, 1.165) is 10.9 Å². The van der Waals surface area contributed by atoms with Gasteiger partial charge >= 0.3 is 0 Å². The van der Waals surface area contributed by atoms with E-state index in [0.29, 0.717) is 12.0 Å². The summed E-state index contributed by atoms with van der Waals surface area (Å²) in [5.41, 5.74) is 1.46. The number of hydrogen-bond acceptors (Lipinski definition) is 2. The predicted octanol–water partition coefficient (Wildman–Crippen LogP) is 4.69. The van der Waals surface area contributed by atoms with Crippen LogP contribution in [-0.4, -0.2) is 37.6 Å². The van der Waals surface area contributed by atoms with Crippen molar-refractivity contribution in [3.63, 3.8) is 0 Å².